The molecule has 0 unspecified atom stereocenters. The fourth-order valence-corrected chi connectivity index (χ4v) is 4.05. The van der Waals surface area contributed by atoms with Crippen LogP contribution in [-0.2, 0) is 20.9 Å². The van der Waals surface area contributed by atoms with Gasteiger partial charge in [-0.05, 0) is 31.5 Å². The van der Waals surface area contributed by atoms with E-state index in [9.17, 15) is 14.4 Å². The number of para-hydroxylation sites is 1. The highest BCUT2D eigenvalue weighted by Crippen LogP contribution is 2.24. The Morgan fingerprint density at radius 2 is 1.77 bits per heavy atom. The van der Waals surface area contributed by atoms with E-state index in [1.54, 1.807) is 31.2 Å². The molecule has 162 valence electrons. The van der Waals surface area contributed by atoms with E-state index in [1.807, 2.05) is 37.3 Å². The quantitative estimate of drug-likeness (QED) is 0.329. The molecule has 0 saturated heterocycles. The second-order valence-corrected chi connectivity index (χ2v) is 8.40. The van der Waals surface area contributed by atoms with Crippen LogP contribution < -0.4 is 10.9 Å². The molecule has 1 heterocycles. The maximum atomic E-state index is 13.0. The van der Waals surface area contributed by atoms with E-state index in [2.05, 4.69) is 10.3 Å². The number of hydrogen-bond acceptors (Lipinski definition) is 6. The van der Waals surface area contributed by atoms with Gasteiger partial charge >= 0.3 is 5.97 Å². The van der Waals surface area contributed by atoms with Crippen LogP contribution in [0.3, 0.4) is 0 Å². The number of amides is 1. The first kappa shape index (κ1) is 22.6. The molecule has 0 saturated carbocycles. The van der Waals surface area contributed by atoms with Crippen LogP contribution in [-0.4, -0.2) is 33.8 Å². The summed E-state index contributed by atoms with van der Waals surface area (Å²) in [6.45, 7) is 3.81. The maximum Gasteiger partial charge on any atom is 0.307 e. The molecule has 0 bridgehead atoms. The van der Waals surface area contributed by atoms with Gasteiger partial charge in [0.05, 0.1) is 35.7 Å². The maximum absolute atomic E-state index is 13.0. The topological polar surface area (TPSA) is 90.3 Å². The van der Waals surface area contributed by atoms with Crippen molar-refractivity contribution in [2.24, 2.45) is 0 Å². The number of hydrogen-bond donors (Lipinski definition) is 1. The van der Waals surface area contributed by atoms with E-state index in [-0.39, 0.29) is 30.5 Å². The predicted octanol–water partition coefficient (Wildman–Crippen LogP) is 3.32. The summed E-state index contributed by atoms with van der Waals surface area (Å²) >= 11 is 1.19. The predicted molar refractivity (Wildman–Crippen MR) is 121 cm³/mol. The molecule has 3 aromatic rings. The molecule has 8 heteroatoms. The van der Waals surface area contributed by atoms with E-state index >= 15 is 0 Å². The highest BCUT2D eigenvalue weighted by atomic mass is 32.2. The summed E-state index contributed by atoms with van der Waals surface area (Å²) in [4.78, 5) is 42.0. The standard InChI is InChI=1S/C23H25N3O4S/c1-15(17-9-5-4-6-10-17)24-21(28)16(2)31-23-25-19-12-8-7-11-18(19)22(29)26(23)14-13-20(27)30-3/h4-12,15-16H,13-14H2,1-3H3,(H,24,28)/t15-,16-/m1/s1. The van der Waals surface area contributed by atoms with E-state index in [0.717, 1.165) is 5.56 Å². The van der Waals surface area contributed by atoms with Crippen molar-refractivity contribution in [1.29, 1.82) is 0 Å². The molecule has 31 heavy (non-hydrogen) atoms. The molecule has 0 fully saturated rings. The lowest BCUT2D eigenvalue weighted by Crippen LogP contribution is -2.34. The number of carbonyl (C=O) groups is 2. The SMILES string of the molecule is COC(=O)CCn1c(S[C@H](C)C(=O)N[C@H](C)c2ccccc2)nc2ccccc2c1=O. The summed E-state index contributed by atoms with van der Waals surface area (Å²) < 4.78 is 6.14. The van der Waals surface area contributed by atoms with Crippen molar-refractivity contribution in [2.45, 2.75) is 43.3 Å². The fourth-order valence-electron chi connectivity index (χ4n) is 3.11. The van der Waals surface area contributed by atoms with Crippen LogP contribution in [0, 0.1) is 0 Å². The first-order valence-electron chi connectivity index (χ1n) is 9.99. The van der Waals surface area contributed by atoms with Crippen LogP contribution >= 0.6 is 11.8 Å². The monoisotopic (exact) mass is 439 g/mol. The summed E-state index contributed by atoms with van der Waals surface area (Å²) in [5.41, 5.74) is 1.31. The number of thioether (sulfide) groups is 1. The number of benzene rings is 2. The molecule has 3 rings (SSSR count). The zero-order valence-corrected chi connectivity index (χ0v) is 18.5. The average Bonchev–Trinajstić information content (AvgIpc) is 2.79. The van der Waals surface area contributed by atoms with Gasteiger partial charge < -0.3 is 10.1 Å². The Hall–Kier alpha value is -3.13. The Labute approximate surface area is 184 Å². The largest absolute Gasteiger partial charge is 0.469 e. The minimum absolute atomic E-state index is 0.0373. The summed E-state index contributed by atoms with van der Waals surface area (Å²) in [6, 6.07) is 16.6. The summed E-state index contributed by atoms with van der Waals surface area (Å²) in [7, 11) is 1.31. The van der Waals surface area contributed by atoms with Gasteiger partial charge in [-0.2, -0.15) is 0 Å². The number of rotatable bonds is 8. The van der Waals surface area contributed by atoms with E-state index in [4.69, 9.17) is 4.74 Å². The molecule has 0 radical (unpaired) electrons. The van der Waals surface area contributed by atoms with E-state index in [1.165, 1.54) is 23.4 Å². The Kier molecular flexibility index (Phi) is 7.46. The molecule has 2 aromatic carbocycles. The number of esters is 1. The number of nitrogens with one attached hydrogen (secondary N) is 1. The molecule has 0 aliphatic heterocycles. The van der Waals surface area contributed by atoms with Gasteiger partial charge in [0.15, 0.2) is 5.16 Å². The Morgan fingerprint density at radius 3 is 2.48 bits per heavy atom. The van der Waals surface area contributed by atoms with Gasteiger partial charge in [0.1, 0.15) is 0 Å². The van der Waals surface area contributed by atoms with Gasteiger partial charge in [-0.15, -0.1) is 0 Å². The van der Waals surface area contributed by atoms with Gasteiger partial charge in [-0.1, -0.05) is 54.2 Å². The zero-order chi connectivity index (χ0) is 22.4. The van der Waals surface area contributed by atoms with Gasteiger partial charge in [0.2, 0.25) is 5.91 Å². The lowest BCUT2D eigenvalue weighted by Gasteiger charge is -2.19. The van der Waals surface area contributed by atoms with Gasteiger partial charge in [-0.25, -0.2) is 4.98 Å². The van der Waals surface area contributed by atoms with Crippen molar-refractivity contribution in [2.75, 3.05) is 7.11 Å². The number of fused-ring (bicyclic) bond motifs is 1. The highest BCUT2D eigenvalue weighted by Gasteiger charge is 2.21. The number of carbonyl (C=O) groups excluding carboxylic acids is 2. The summed E-state index contributed by atoms with van der Waals surface area (Å²) in [5.74, 6) is -0.582. The van der Waals surface area contributed by atoms with Crippen LogP contribution in [0.15, 0.2) is 64.5 Å². The Bertz CT molecular complexity index is 1130. The number of ether oxygens (including phenoxy) is 1. The molecule has 0 aliphatic carbocycles. The lowest BCUT2D eigenvalue weighted by atomic mass is 10.1. The van der Waals surface area contributed by atoms with Crippen molar-refractivity contribution in [3.8, 4) is 0 Å². The molecule has 1 amide bonds. The number of nitrogens with zero attached hydrogens (tertiary/aromatic N) is 2. The third-order valence-electron chi connectivity index (χ3n) is 4.90. The first-order valence-corrected chi connectivity index (χ1v) is 10.9. The average molecular weight is 440 g/mol. The molecular formula is C23H25N3O4S. The summed E-state index contributed by atoms with van der Waals surface area (Å²) in [6.07, 6.45) is 0.0373. The van der Waals surface area contributed by atoms with Crippen molar-refractivity contribution in [3.63, 3.8) is 0 Å². The molecule has 0 aliphatic rings. The van der Waals surface area contributed by atoms with Crippen molar-refractivity contribution in [3.05, 3.63) is 70.5 Å². The molecule has 2 atom stereocenters. The second kappa shape index (κ2) is 10.3. The van der Waals surface area contributed by atoms with Crippen LogP contribution in [0.1, 0.15) is 31.9 Å². The molecular weight excluding hydrogens is 414 g/mol. The molecule has 1 N–H and O–H groups in total. The fraction of sp³-hybridized carbons (Fsp3) is 0.304. The lowest BCUT2D eigenvalue weighted by molar-refractivity contribution is -0.140. The number of methoxy groups -OCH3 is 1. The molecule has 7 nitrogen and oxygen atoms in total. The molecule has 0 spiro atoms. The van der Waals surface area contributed by atoms with Crippen LogP contribution in [0.4, 0.5) is 0 Å². The normalized spacial score (nSPS) is 12.9. The van der Waals surface area contributed by atoms with Crippen LogP contribution in [0.5, 0.6) is 0 Å². The first-order chi connectivity index (χ1) is 14.9. The van der Waals surface area contributed by atoms with E-state index < -0.39 is 11.2 Å². The third kappa shape index (κ3) is 5.52. The third-order valence-corrected chi connectivity index (χ3v) is 5.99. The number of aromatic nitrogens is 2. The smallest absolute Gasteiger partial charge is 0.307 e. The minimum Gasteiger partial charge on any atom is -0.469 e. The van der Waals surface area contributed by atoms with Crippen LogP contribution in [0.25, 0.3) is 10.9 Å². The van der Waals surface area contributed by atoms with Gasteiger partial charge in [0, 0.05) is 6.54 Å². The Balaban J connectivity index is 1.83. The van der Waals surface area contributed by atoms with Gasteiger partial charge in [-0.3, -0.25) is 19.0 Å². The van der Waals surface area contributed by atoms with Crippen LogP contribution in [0.2, 0.25) is 0 Å². The second-order valence-electron chi connectivity index (χ2n) is 7.10. The summed E-state index contributed by atoms with van der Waals surface area (Å²) in [5, 5.41) is 3.36. The van der Waals surface area contributed by atoms with E-state index in [0.29, 0.717) is 16.1 Å². The van der Waals surface area contributed by atoms with Gasteiger partial charge in [0.25, 0.3) is 5.56 Å². The molecule has 1 aromatic heterocycles. The van der Waals surface area contributed by atoms with Crippen molar-refractivity contribution >= 4 is 34.5 Å². The highest BCUT2D eigenvalue weighted by molar-refractivity contribution is 8.00. The van der Waals surface area contributed by atoms with Crippen molar-refractivity contribution in [1.82, 2.24) is 14.9 Å². The Morgan fingerprint density at radius 1 is 1.10 bits per heavy atom. The zero-order valence-electron chi connectivity index (χ0n) is 17.7. The van der Waals surface area contributed by atoms with Crippen molar-refractivity contribution < 1.29 is 14.3 Å². The minimum atomic E-state index is -0.497.